The SMILES string of the molecule is COCc1c(C2CCS(=O)(=O)CC2)nc2c(-c3ccc(-c4cccnc4)nc3)cnn2c1N. The zero-order valence-electron chi connectivity index (χ0n) is 18.2. The summed E-state index contributed by atoms with van der Waals surface area (Å²) in [6, 6.07) is 7.74. The second kappa shape index (κ2) is 8.53. The zero-order valence-corrected chi connectivity index (χ0v) is 19.0. The highest BCUT2D eigenvalue weighted by Gasteiger charge is 2.29. The lowest BCUT2D eigenvalue weighted by atomic mass is 9.94. The summed E-state index contributed by atoms with van der Waals surface area (Å²) in [6.45, 7) is 0.282. The van der Waals surface area contributed by atoms with Gasteiger partial charge in [0, 0.05) is 53.9 Å². The average molecular weight is 465 g/mol. The molecule has 170 valence electrons. The van der Waals surface area contributed by atoms with Crippen molar-refractivity contribution >= 4 is 21.3 Å². The first-order valence-corrected chi connectivity index (χ1v) is 12.5. The molecule has 0 aromatic carbocycles. The maximum atomic E-state index is 12.0. The number of methoxy groups -OCH3 is 1. The van der Waals surface area contributed by atoms with Crippen LogP contribution in [-0.4, -0.2) is 51.6 Å². The van der Waals surface area contributed by atoms with Crippen molar-refractivity contribution < 1.29 is 13.2 Å². The van der Waals surface area contributed by atoms with Gasteiger partial charge in [-0.2, -0.15) is 9.61 Å². The quantitative estimate of drug-likeness (QED) is 0.478. The van der Waals surface area contributed by atoms with Crippen LogP contribution in [0.25, 0.3) is 28.0 Å². The van der Waals surface area contributed by atoms with E-state index in [-0.39, 0.29) is 24.0 Å². The van der Waals surface area contributed by atoms with Gasteiger partial charge in [0.05, 0.1) is 35.7 Å². The Bertz CT molecular complexity index is 1390. The van der Waals surface area contributed by atoms with E-state index in [1.165, 1.54) is 0 Å². The molecule has 0 radical (unpaired) electrons. The molecule has 4 aromatic rings. The molecule has 9 nitrogen and oxygen atoms in total. The van der Waals surface area contributed by atoms with E-state index in [2.05, 4.69) is 15.1 Å². The fraction of sp³-hybridized carbons (Fsp3) is 0.304. The van der Waals surface area contributed by atoms with Crippen LogP contribution in [0.4, 0.5) is 5.82 Å². The van der Waals surface area contributed by atoms with Crippen LogP contribution >= 0.6 is 0 Å². The van der Waals surface area contributed by atoms with Gasteiger partial charge in [-0.3, -0.25) is 9.97 Å². The molecule has 1 aliphatic heterocycles. The van der Waals surface area contributed by atoms with Crippen LogP contribution in [0.5, 0.6) is 0 Å². The molecule has 5 rings (SSSR count). The lowest BCUT2D eigenvalue weighted by molar-refractivity contribution is 0.183. The second-order valence-electron chi connectivity index (χ2n) is 8.19. The van der Waals surface area contributed by atoms with Crippen LogP contribution in [-0.2, 0) is 21.2 Å². The van der Waals surface area contributed by atoms with Gasteiger partial charge in [-0.1, -0.05) is 6.07 Å². The molecule has 33 heavy (non-hydrogen) atoms. The second-order valence-corrected chi connectivity index (χ2v) is 10.5. The zero-order chi connectivity index (χ0) is 23.0. The number of hydrogen-bond acceptors (Lipinski definition) is 8. The Morgan fingerprint density at radius 2 is 1.94 bits per heavy atom. The molecule has 0 spiro atoms. The molecule has 0 atom stereocenters. The maximum absolute atomic E-state index is 12.0. The molecule has 0 bridgehead atoms. The lowest BCUT2D eigenvalue weighted by Gasteiger charge is -2.24. The third-order valence-electron chi connectivity index (χ3n) is 6.08. The van der Waals surface area contributed by atoms with Crippen LogP contribution in [0.3, 0.4) is 0 Å². The summed E-state index contributed by atoms with van der Waals surface area (Å²) in [7, 11) is -1.39. The largest absolute Gasteiger partial charge is 0.383 e. The van der Waals surface area contributed by atoms with E-state index in [1.54, 1.807) is 36.4 Å². The van der Waals surface area contributed by atoms with E-state index in [0.717, 1.165) is 33.6 Å². The molecule has 1 aliphatic rings. The number of rotatable bonds is 5. The highest BCUT2D eigenvalue weighted by Crippen LogP contribution is 2.35. The fourth-order valence-electron chi connectivity index (χ4n) is 4.30. The van der Waals surface area contributed by atoms with E-state index < -0.39 is 9.84 Å². The Morgan fingerprint density at radius 3 is 2.61 bits per heavy atom. The van der Waals surface area contributed by atoms with Gasteiger partial charge in [0.25, 0.3) is 0 Å². The Labute approximate surface area is 191 Å². The molecule has 2 N–H and O–H groups in total. The van der Waals surface area contributed by atoms with Crippen molar-refractivity contribution in [1.82, 2.24) is 24.6 Å². The molecule has 4 aromatic heterocycles. The summed E-state index contributed by atoms with van der Waals surface area (Å²) < 4.78 is 30.9. The van der Waals surface area contributed by atoms with Gasteiger partial charge in [-0.15, -0.1) is 0 Å². The molecular weight excluding hydrogens is 440 g/mol. The van der Waals surface area contributed by atoms with Gasteiger partial charge >= 0.3 is 0 Å². The van der Waals surface area contributed by atoms with E-state index in [0.29, 0.717) is 24.3 Å². The first-order valence-electron chi connectivity index (χ1n) is 10.7. The van der Waals surface area contributed by atoms with Gasteiger partial charge in [-0.25, -0.2) is 13.4 Å². The molecule has 0 unspecified atom stereocenters. The van der Waals surface area contributed by atoms with E-state index in [1.807, 2.05) is 24.3 Å². The summed E-state index contributed by atoms with van der Waals surface area (Å²) in [5, 5.41) is 4.47. The number of hydrogen-bond donors (Lipinski definition) is 1. The lowest BCUT2D eigenvalue weighted by Crippen LogP contribution is -2.24. The average Bonchev–Trinajstić information content (AvgIpc) is 3.26. The summed E-state index contributed by atoms with van der Waals surface area (Å²) >= 11 is 0. The fourth-order valence-corrected chi connectivity index (χ4v) is 5.79. The predicted octanol–water partition coefficient (Wildman–Crippen LogP) is 2.87. The van der Waals surface area contributed by atoms with Crippen LogP contribution in [0.1, 0.15) is 30.0 Å². The third kappa shape index (κ3) is 4.07. The van der Waals surface area contributed by atoms with Gasteiger partial charge < -0.3 is 10.5 Å². The number of pyridine rings is 2. The molecule has 5 heterocycles. The van der Waals surface area contributed by atoms with Crippen LogP contribution in [0, 0.1) is 0 Å². The van der Waals surface area contributed by atoms with Gasteiger partial charge in [-0.05, 0) is 31.0 Å². The number of anilines is 1. The summed E-state index contributed by atoms with van der Waals surface area (Å²) in [5.74, 6) is 0.766. The van der Waals surface area contributed by atoms with E-state index in [4.69, 9.17) is 15.5 Å². The van der Waals surface area contributed by atoms with Crippen LogP contribution < -0.4 is 5.73 Å². The number of nitrogens with two attached hydrogens (primary N) is 1. The summed E-state index contributed by atoms with van der Waals surface area (Å²) in [6.07, 6.45) is 8.05. The molecule has 0 saturated carbocycles. The Hall–Kier alpha value is -3.37. The minimum absolute atomic E-state index is 0.000179. The third-order valence-corrected chi connectivity index (χ3v) is 7.79. The molecule has 0 aliphatic carbocycles. The predicted molar refractivity (Wildman–Crippen MR) is 125 cm³/mol. The topological polar surface area (TPSA) is 125 Å². The van der Waals surface area contributed by atoms with E-state index >= 15 is 0 Å². The summed E-state index contributed by atoms with van der Waals surface area (Å²) in [5.41, 5.74) is 12.1. The van der Waals surface area contributed by atoms with Gasteiger partial charge in [0.1, 0.15) is 15.7 Å². The van der Waals surface area contributed by atoms with Gasteiger partial charge in [0.15, 0.2) is 5.65 Å². The van der Waals surface area contributed by atoms with Crippen molar-refractivity contribution in [3.05, 3.63) is 60.3 Å². The number of aromatic nitrogens is 5. The monoisotopic (exact) mass is 464 g/mol. The van der Waals surface area contributed by atoms with Crippen molar-refractivity contribution in [2.75, 3.05) is 24.3 Å². The Morgan fingerprint density at radius 1 is 1.12 bits per heavy atom. The first kappa shape index (κ1) is 21.5. The van der Waals surface area contributed by atoms with Crippen LogP contribution in [0.15, 0.2) is 49.1 Å². The van der Waals surface area contributed by atoms with Crippen molar-refractivity contribution in [3.63, 3.8) is 0 Å². The molecular formula is C23H24N6O3S. The highest BCUT2D eigenvalue weighted by molar-refractivity contribution is 7.91. The minimum Gasteiger partial charge on any atom is -0.383 e. The number of fused-ring (bicyclic) bond motifs is 1. The van der Waals surface area contributed by atoms with Crippen molar-refractivity contribution in [2.45, 2.75) is 25.4 Å². The van der Waals surface area contributed by atoms with E-state index in [9.17, 15) is 8.42 Å². The normalized spacial score (nSPS) is 16.3. The van der Waals surface area contributed by atoms with Crippen molar-refractivity contribution in [3.8, 4) is 22.4 Å². The Kier molecular flexibility index (Phi) is 5.55. The molecule has 0 amide bonds. The van der Waals surface area contributed by atoms with Crippen molar-refractivity contribution in [2.24, 2.45) is 0 Å². The molecule has 1 fully saturated rings. The molecule has 10 heteroatoms. The maximum Gasteiger partial charge on any atom is 0.165 e. The highest BCUT2D eigenvalue weighted by atomic mass is 32.2. The smallest absolute Gasteiger partial charge is 0.165 e. The molecule has 1 saturated heterocycles. The van der Waals surface area contributed by atoms with Crippen molar-refractivity contribution in [1.29, 1.82) is 0 Å². The minimum atomic E-state index is -2.99. The number of ether oxygens (including phenoxy) is 1. The first-order chi connectivity index (χ1) is 16.0. The number of nitrogens with zero attached hydrogens (tertiary/aromatic N) is 5. The van der Waals surface area contributed by atoms with Crippen LogP contribution in [0.2, 0.25) is 0 Å². The van der Waals surface area contributed by atoms with Gasteiger partial charge in [0.2, 0.25) is 0 Å². The number of nitrogen functional groups attached to an aromatic ring is 1. The number of sulfone groups is 1. The standard InChI is InChI=1S/C23H24N6O3S/c1-32-14-19-21(15-6-9-33(30,31)10-7-15)28-23-18(13-27-29(23)22(19)24)16-4-5-20(26-12-16)17-3-2-8-25-11-17/h2-5,8,11-13,15H,6-7,9-10,14,24H2,1H3. The summed E-state index contributed by atoms with van der Waals surface area (Å²) in [4.78, 5) is 13.7. The Balaban J connectivity index is 1.58.